The minimum Gasteiger partial charge on any atom is -0.462 e. The van der Waals surface area contributed by atoms with Crippen LogP contribution in [-0.2, 0) is 14.3 Å². The second-order valence-corrected chi connectivity index (χ2v) is 19.4. The average Bonchev–Trinajstić information content (AvgIpc) is 3.25. The third-order valence-corrected chi connectivity index (χ3v) is 13.2. The maximum absolute atomic E-state index is 13.2. The molecule has 0 spiro atoms. The van der Waals surface area contributed by atoms with Crippen molar-refractivity contribution in [2.24, 2.45) is 0 Å². The Balaban J connectivity index is 4.39. The standard InChI is InChI=1S/C55H109NO5/c1-4-7-10-13-16-19-22-24-26-28-30-32-35-38-41-44-47-53(58)52(50-57)56-54(59)49-51(46-43-40-37-34-21-18-15-12-9-6-3)61-55(60)48-45-42-39-36-33-31-29-27-25-23-20-17-14-11-8-5-2/h51-53,57-58H,4-50H2,1-3H3,(H,56,59). The highest BCUT2D eigenvalue weighted by atomic mass is 16.5. The number of aliphatic hydroxyl groups excluding tert-OH is 2. The number of carbonyl (C=O) groups excluding carboxylic acids is 2. The van der Waals surface area contributed by atoms with Gasteiger partial charge in [0.05, 0.1) is 25.2 Å². The highest BCUT2D eigenvalue weighted by Gasteiger charge is 2.24. The molecule has 0 rings (SSSR count). The van der Waals surface area contributed by atoms with Gasteiger partial charge in [0, 0.05) is 6.42 Å². The Morgan fingerprint density at radius 2 is 0.689 bits per heavy atom. The van der Waals surface area contributed by atoms with Crippen LogP contribution < -0.4 is 5.32 Å². The predicted octanol–water partition coefficient (Wildman–Crippen LogP) is 16.7. The zero-order chi connectivity index (χ0) is 44.5. The molecule has 6 nitrogen and oxygen atoms in total. The van der Waals surface area contributed by atoms with E-state index in [9.17, 15) is 19.8 Å². The van der Waals surface area contributed by atoms with Crippen molar-refractivity contribution in [3.63, 3.8) is 0 Å². The first kappa shape index (κ1) is 59.9. The number of hydrogen-bond donors (Lipinski definition) is 3. The van der Waals surface area contributed by atoms with Gasteiger partial charge in [-0.1, -0.05) is 278 Å². The molecule has 0 aliphatic rings. The van der Waals surface area contributed by atoms with Gasteiger partial charge in [-0.05, 0) is 25.7 Å². The van der Waals surface area contributed by atoms with Gasteiger partial charge in [-0.2, -0.15) is 0 Å². The number of aliphatic hydroxyl groups is 2. The quantitative estimate of drug-likeness (QED) is 0.0418. The van der Waals surface area contributed by atoms with Crippen molar-refractivity contribution in [1.29, 1.82) is 0 Å². The van der Waals surface area contributed by atoms with E-state index >= 15 is 0 Å². The van der Waals surface area contributed by atoms with Gasteiger partial charge < -0.3 is 20.3 Å². The van der Waals surface area contributed by atoms with E-state index in [1.807, 2.05) is 0 Å². The lowest BCUT2D eigenvalue weighted by atomic mass is 10.0. The molecule has 0 aromatic heterocycles. The van der Waals surface area contributed by atoms with E-state index in [4.69, 9.17) is 4.74 Å². The first-order chi connectivity index (χ1) is 30.0. The number of nitrogens with one attached hydrogen (secondary N) is 1. The van der Waals surface area contributed by atoms with Crippen LogP contribution in [0, 0.1) is 0 Å². The molecule has 61 heavy (non-hydrogen) atoms. The molecule has 0 aromatic rings. The summed E-state index contributed by atoms with van der Waals surface area (Å²) in [5, 5.41) is 23.8. The summed E-state index contributed by atoms with van der Waals surface area (Å²) in [7, 11) is 0. The maximum atomic E-state index is 13.2. The summed E-state index contributed by atoms with van der Waals surface area (Å²) in [4.78, 5) is 26.2. The fraction of sp³-hybridized carbons (Fsp3) is 0.964. The summed E-state index contributed by atoms with van der Waals surface area (Å²) in [6, 6.07) is -0.692. The molecule has 3 unspecified atom stereocenters. The number of unbranched alkanes of at least 4 members (excludes halogenated alkanes) is 39. The fourth-order valence-electron chi connectivity index (χ4n) is 8.96. The van der Waals surface area contributed by atoms with Crippen LogP contribution in [0.1, 0.15) is 316 Å². The number of rotatable bonds is 51. The van der Waals surface area contributed by atoms with Crippen LogP contribution >= 0.6 is 0 Å². The number of amides is 1. The van der Waals surface area contributed by atoms with Crippen molar-refractivity contribution in [2.75, 3.05) is 6.61 Å². The minimum atomic E-state index is -0.779. The van der Waals surface area contributed by atoms with E-state index in [-0.39, 0.29) is 24.9 Å². The molecule has 0 aromatic carbocycles. The molecule has 3 N–H and O–H groups in total. The number of esters is 1. The Bertz CT molecular complexity index is 882. The number of hydrogen-bond acceptors (Lipinski definition) is 5. The first-order valence-corrected chi connectivity index (χ1v) is 27.8. The predicted molar refractivity (Wildman–Crippen MR) is 264 cm³/mol. The third kappa shape index (κ3) is 45.2. The van der Waals surface area contributed by atoms with Crippen molar-refractivity contribution in [1.82, 2.24) is 5.32 Å². The Morgan fingerprint density at radius 1 is 0.410 bits per heavy atom. The van der Waals surface area contributed by atoms with E-state index in [0.29, 0.717) is 19.3 Å². The molecule has 3 atom stereocenters. The van der Waals surface area contributed by atoms with E-state index in [2.05, 4.69) is 26.1 Å². The van der Waals surface area contributed by atoms with Crippen molar-refractivity contribution in [3.05, 3.63) is 0 Å². The summed E-state index contributed by atoms with van der Waals surface area (Å²) in [5.74, 6) is -0.449. The molecular formula is C55H109NO5. The second kappa shape index (κ2) is 49.9. The van der Waals surface area contributed by atoms with Crippen LogP contribution in [0.2, 0.25) is 0 Å². The van der Waals surface area contributed by atoms with Crippen molar-refractivity contribution < 1.29 is 24.5 Å². The molecule has 0 fully saturated rings. The van der Waals surface area contributed by atoms with E-state index in [1.165, 1.54) is 231 Å². The summed E-state index contributed by atoms with van der Waals surface area (Å²) < 4.78 is 5.94. The van der Waals surface area contributed by atoms with Gasteiger partial charge in [-0.15, -0.1) is 0 Å². The zero-order valence-corrected chi connectivity index (χ0v) is 41.6. The minimum absolute atomic E-state index is 0.0877. The summed E-state index contributed by atoms with van der Waals surface area (Å²) in [6.45, 7) is 6.52. The molecule has 0 radical (unpaired) electrons. The van der Waals surface area contributed by atoms with Crippen molar-refractivity contribution in [3.8, 4) is 0 Å². The Morgan fingerprint density at radius 3 is 1.00 bits per heavy atom. The molecule has 6 heteroatoms. The Kier molecular flexibility index (Phi) is 48.9. The molecular weight excluding hydrogens is 755 g/mol. The van der Waals surface area contributed by atoms with Crippen LogP contribution in [-0.4, -0.2) is 46.9 Å². The lowest BCUT2D eigenvalue weighted by Gasteiger charge is -2.24. The first-order valence-electron chi connectivity index (χ1n) is 27.8. The topological polar surface area (TPSA) is 95.9 Å². The highest BCUT2D eigenvalue weighted by molar-refractivity contribution is 5.77. The van der Waals surface area contributed by atoms with Gasteiger partial charge in [0.1, 0.15) is 6.10 Å². The van der Waals surface area contributed by atoms with Crippen molar-refractivity contribution >= 4 is 11.9 Å². The average molecular weight is 864 g/mol. The maximum Gasteiger partial charge on any atom is 0.306 e. The third-order valence-electron chi connectivity index (χ3n) is 13.2. The number of carbonyl (C=O) groups is 2. The van der Waals surface area contributed by atoms with Crippen LogP contribution in [0.4, 0.5) is 0 Å². The van der Waals surface area contributed by atoms with Crippen LogP contribution in [0.5, 0.6) is 0 Å². The van der Waals surface area contributed by atoms with E-state index < -0.39 is 18.2 Å². The lowest BCUT2D eigenvalue weighted by molar-refractivity contribution is -0.151. The van der Waals surface area contributed by atoms with E-state index in [0.717, 1.165) is 38.5 Å². The second-order valence-electron chi connectivity index (χ2n) is 19.4. The molecule has 0 aliphatic heterocycles. The fourth-order valence-corrected chi connectivity index (χ4v) is 8.96. The van der Waals surface area contributed by atoms with Crippen LogP contribution in [0.15, 0.2) is 0 Å². The number of ether oxygens (including phenoxy) is 1. The Labute approximate surface area is 381 Å². The summed E-state index contributed by atoms with van der Waals surface area (Å²) in [5.41, 5.74) is 0. The van der Waals surface area contributed by atoms with Crippen LogP contribution in [0.3, 0.4) is 0 Å². The molecule has 0 bridgehead atoms. The molecule has 1 amide bonds. The monoisotopic (exact) mass is 864 g/mol. The lowest BCUT2D eigenvalue weighted by Crippen LogP contribution is -2.46. The van der Waals surface area contributed by atoms with E-state index in [1.54, 1.807) is 0 Å². The van der Waals surface area contributed by atoms with Gasteiger partial charge in [-0.25, -0.2) is 0 Å². The van der Waals surface area contributed by atoms with Gasteiger partial charge >= 0.3 is 5.97 Å². The SMILES string of the molecule is CCCCCCCCCCCCCCCCCCC(=O)OC(CCCCCCCCCCCC)CC(=O)NC(CO)C(O)CCCCCCCCCCCCCCCCCC. The molecule has 0 aliphatic carbocycles. The zero-order valence-electron chi connectivity index (χ0n) is 41.6. The van der Waals surface area contributed by atoms with Gasteiger partial charge in [0.2, 0.25) is 5.91 Å². The van der Waals surface area contributed by atoms with Gasteiger partial charge in [0.15, 0.2) is 0 Å². The van der Waals surface area contributed by atoms with Crippen LogP contribution in [0.25, 0.3) is 0 Å². The summed E-state index contributed by atoms with van der Waals surface area (Å²) >= 11 is 0. The van der Waals surface area contributed by atoms with Gasteiger partial charge in [-0.3, -0.25) is 9.59 Å². The molecule has 364 valence electrons. The largest absolute Gasteiger partial charge is 0.462 e. The Hall–Kier alpha value is -1.14. The molecule has 0 saturated carbocycles. The van der Waals surface area contributed by atoms with Gasteiger partial charge in [0.25, 0.3) is 0 Å². The smallest absolute Gasteiger partial charge is 0.306 e. The molecule has 0 saturated heterocycles. The highest BCUT2D eigenvalue weighted by Crippen LogP contribution is 2.19. The van der Waals surface area contributed by atoms with Crippen molar-refractivity contribution in [2.45, 2.75) is 334 Å². The normalized spacial score (nSPS) is 13.1. The summed E-state index contributed by atoms with van der Waals surface area (Å²) in [6.07, 6.45) is 54.5. The molecule has 0 heterocycles.